The van der Waals surface area contributed by atoms with Gasteiger partial charge in [0.2, 0.25) is 0 Å². The van der Waals surface area contributed by atoms with Crippen molar-refractivity contribution in [3.05, 3.63) is 76.2 Å². The molecule has 3 aromatic rings. The van der Waals surface area contributed by atoms with Crippen LogP contribution in [0.15, 0.2) is 64.3 Å². The molecule has 0 aliphatic heterocycles. The van der Waals surface area contributed by atoms with Gasteiger partial charge in [-0.2, -0.15) is 0 Å². The highest BCUT2D eigenvalue weighted by molar-refractivity contribution is 7.98. The number of carbonyl (C=O) groups is 1. The minimum atomic E-state index is -0.282. The zero-order chi connectivity index (χ0) is 18.0. The smallest absolute Gasteiger partial charge is 0.295 e. The number of thioether (sulfide) groups is 1. The van der Waals surface area contributed by atoms with E-state index in [0.29, 0.717) is 16.9 Å². The van der Waals surface area contributed by atoms with Crippen LogP contribution in [0, 0.1) is 6.92 Å². The molecule has 0 saturated heterocycles. The van der Waals surface area contributed by atoms with Crippen molar-refractivity contribution in [3.63, 3.8) is 0 Å². The van der Waals surface area contributed by atoms with Gasteiger partial charge in [-0.25, -0.2) is 4.68 Å². The lowest BCUT2D eigenvalue weighted by Crippen LogP contribution is -2.23. The molecule has 128 valence electrons. The van der Waals surface area contributed by atoms with Gasteiger partial charge in [0, 0.05) is 11.9 Å². The van der Waals surface area contributed by atoms with Gasteiger partial charge in [0.05, 0.1) is 16.9 Å². The maximum atomic E-state index is 12.9. The zero-order valence-electron chi connectivity index (χ0n) is 14.3. The van der Waals surface area contributed by atoms with Gasteiger partial charge in [-0.1, -0.05) is 30.3 Å². The van der Waals surface area contributed by atoms with Crippen LogP contribution >= 0.6 is 11.8 Å². The van der Waals surface area contributed by atoms with Crippen LogP contribution in [-0.4, -0.2) is 21.5 Å². The number of aromatic nitrogens is 2. The van der Waals surface area contributed by atoms with E-state index in [2.05, 4.69) is 5.32 Å². The molecule has 2 aromatic carbocycles. The summed E-state index contributed by atoms with van der Waals surface area (Å²) in [5.41, 5.74) is 2.06. The van der Waals surface area contributed by atoms with Gasteiger partial charge in [-0.3, -0.25) is 14.3 Å². The first-order valence-electron chi connectivity index (χ1n) is 7.83. The molecule has 6 heteroatoms. The van der Waals surface area contributed by atoms with E-state index in [-0.39, 0.29) is 11.5 Å². The van der Waals surface area contributed by atoms with Crippen LogP contribution in [0.1, 0.15) is 16.1 Å². The first-order chi connectivity index (χ1) is 12.0. The van der Waals surface area contributed by atoms with Crippen LogP contribution in [0.4, 0.5) is 5.69 Å². The number of amides is 1. The van der Waals surface area contributed by atoms with Crippen molar-refractivity contribution in [2.75, 3.05) is 11.6 Å². The summed E-state index contributed by atoms with van der Waals surface area (Å²) in [6.45, 7) is 1.82. The number of rotatable bonds is 4. The number of hydrogen-bond donors (Lipinski definition) is 1. The Morgan fingerprint density at radius 3 is 2.36 bits per heavy atom. The second kappa shape index (κ2) is 7.03. The Balaban J connectivity index is 2.02. The first-order valence-corrected chi connectivity index (χ1v) is 9.05. The Hall–Kier alpha value is -2.73. The molecule has 0 aliphatic rings. The van der Waals surface area contributed by atoms with Crippen molar-refractivity contribution in [2.45, 2.75) is 11.8 Å². The van der Waals surface area contributed by atoms with E-state index < -0.39 is 0 Å². The number of carbonyl (C=O) groups excluding carboxylic acids is 1. The van der Waals surface area contributed by atoms with Crippen molar-refractivity contribution >= 4 is 23.4 Å². The second-order valence-corrected chi connectivity index (χ2v) is 6.44. The molecular weight excluding hydrogens is 334 g/mol. The number of hydrogen-bond acceptors (Lipinski definition) is 3. The van der Waals surface area contributed by atoms with Crippen LogP contribution < -0.4 is 10.9 Å². The summed E-state index contributed by atoms with van der Waals surface area (Å²) < 4.78 is 3.29. The maximum Gasteiger partial charge on any atom is 0.295 e. The Labute approximate surface area is 150 Å². The Bertz CT molecular complexity index is 974. The lowest BCUT2D eigenvalue weighted by Gasteiger charge is -2.08. The number of nitrogens with zero attached hydrogens (tertiary/aromatic N) is 2. The third kappa shape index (κ3) is 3.13. The summed E-state index contributed by atoms with van der Waals surface area (Å²) in [5, 5.41) is 2.79. The van der Waals surface area contributed by atoms with Gasteiger partial charge in [-0.05, 0) is 37.4 Å². The van der Waals surface area contributed by atoms with Crippen LogP contribution in [0.3, 0.4) is 0 Å². The molecule has 0 atom stereocenters. The number of anilines is 1. The molecule has 0 saturated carbocycles. The molecular formula is C19H19N3O2S. The summed E-state index contributed by atoms with van der Waals surface area (Å²) >= 11 is 1.50. The van der Waals surface area contributed by atoms with Gasteiger partial charge < -0.3 is 5.32 Å². The van der Waals surface area contributed by atoms with E-state index in [1.165, 1.54) is 11.8 Å². The van der Waals surface area contributed by atoms with Gasteiger partial charge in [0.15, 0.2) is 0 Å². The molecule has 0 aliphatic carbocycles. The largest absolute Gasteiger partial charge is 0.316 e. The molecule has 1 heterocycles. The number of benzene rings is 2. The van der Waals surface area contributed by atoms with Crippen LogP contribution in [0.5, 0.6) is 0 Å². The van der Waals surface area contributed by atoms with Crippen molar-refractivity contribution in [2.24, 2.45) is 7.05 Å². The maximum absolute atomic E-state index is 12.9. The average Bonchev–Trinajstić information content (AvgIpc) is 2.85. The minimum Gasteiger partial charge on any atom is -0.316 e. The van der Waals surface area contributed by atoms with Gasteiger partial charge in [0.25, 0.3) is 11.5 Å². The minimum absolute atomic E-state index is 0.249. The third-order valence-electron chi connectivity index (χ3n) is 4.14. The molecule has 25 heavy (non-hydrogen) atoms. The molecule has 0 fully saturated rings. The van der Waals surface area contributed by atoms with E-state index >= 15 is 0 Å². The highest BCUT2D eigenvalue weighted by atomic mass is 32.2. The molecule has 0 spiro atoms. The fourth-order valence-electron chi connectivity index (χ4n) is 2.73. The standard InChI is InChI=1S/C19H19N3O2S/c1-13-17(20-18(23)15-11-7-8-12-16(15)25-3)19(24)22(21(13)2)14-9-5-4-6-10-14/h4-12H,1-3H3,(H,20,23). The quantitative estimate of drug-likeness (QED) is 0.731. The van der Waals surface area contributed by atoms with Crippen molar-refractivity contribution in [1.29, 1.82) is 0 Å². The van der Waals surface area contributed by atoms with Crippen molar-refractivity contribution < 1.29 is 4.79 Å². The molecule has 1 aromatic heterocycles. The average molecular weight is 353 g/mol. The second-order valence-electron chi connectivity index (χ2n) is 5.59. The normalized spacial score (nSPS) is 10.7. The Morgan fingerprint density at radius 2 is 1.68 bits per heavy atom. The monoisotopic (exact) mass is 353 g/mol. The van der Waals surface area contributed by atoms with Crippen molar-refractivity contribution in [3.8, 4) is 5.69 Å². The van der Waals surface area contributed by atoms with E-state index in [4.69, 9.17) is 0 Å². The number of nitrogens with one attached hydrogen (secondary N) is 1. The van der Waals surface area contributed by atoms with Crippen molar-refractivity contribution in [1.82, 2.24) is 9.36 Å². The van der Waals surface area contributed by atoms with Crippen LogP contribution in [0.25, 0.3) is 5.69 Å². The summed E-state index contributed by atoms with van der Waals surface area (Å²) in [6, 6.07) is 16.7. The summed E-state index contributed by atoms with van der Waals surface area (Å²) in [4.78, 5) is 26.4. The Kier molecular flexibility index (Phi) is 4.81. The van der Waals surface area contributed by atoms with E-state index in [0.717, 1.165) is 10.6 Å². The summed E-state index contributed by atoms with van der Waals surface area (Å²) in [7, 11) is 1.80. The lowest BCUT2D eigenvalue weighted by atomic mass is 10.2. The molecule has 1 N–H and O–H groups in total. The van der Waals surface area contributed by atoms with Gasteiger partial charge in [-0.15, -0.1) is 11.8 Å². The SMILES string of the molecule is CSc1ccccc1C(=O)Nc1c(C)n(C)n(-c2ccccc2)c1=O. The molecule has 1 amide bonds. The highest BCUT2D eigenvalue weighted by Gasteiger charge is 2.19. The molecule has 0 unspecified atom stereocenters. The first kappa shape index (κ1) is 17.1. The van der Waals surface area contributed by atoms with Gasteiger partial charge in [0.1, 0.15) is 5.69 Å². The molecule has 0 radical (unpaired) electrons. The Morgan fingerprint density at radius 1 is 1.04 bits per heavy atom. The summed E-state index contributed by atoms with van der Waals surface area (Å²) in [6.07, 6.45) is 1.92. The van der Waals surface area contributed by atoms with E-state index in [1.54, 1.807) is 22.5 Å². The lowest BCUT2D eigenvalue weighted by molar-refractivity contribution is 0.102. The van der Waals surface area contributed by atoms with E-state index in [1.807, 2.05) is 61.7 Å². The van der Waals surface area contributed by atoms with Crippen LogP contribution in [-0.2, 0) is 7.05 Å². The fraction of sp³-hybridized carbons (Fsp3) is 0.158. The molecule has 3 rings (SSSR count). The predicted octanol–water partition coefficient (Wildman–Crippen LogP) is 3.46. The molecule has 0 bridgehead atoms. The van der Waals surface area contributed by atoms with E-state index in [9.17, 15) is 9.59 Å². The topological polar surface area (TPSA) is 56.0 Å². The molecule has 5 nitrogen and oxygen atoms in total. The third-order valence-corrected chi connectivity index (χ3v) is 4.94. The predicted molar refractivity (Wildman–Crippen MR) is 102 cm³/mol. The summed E-state index contributed by atoms with van der Waals surface area (Å²) in [5.74, 6) is -0.282. The highest BCUT2D eigenvalue weighted by Crippen LogP contribution is 2.21. The van der Waals surface area contributed by atoms with Gasteiger partial charge >= 0.3 is 0 Å². The fourth-order valence-corrected chi connectivity index (χ4v) is 3.32. The van der Waals surface area contributed by atoms with Crippen LogP contribution in [0.2, 0.25) is 0 Å². The number of para-hydroxylation sites is 1. The zero-order valence-corrected chi connectivity index (χ0v) is 15.1.